The maximum Gasteiger partial charge on any atom is 0.250 e. The van der Waals surface area contributed by atoms with Gasteiger partial charge in [0.2, 0.25) is 0 Å². The van der Waals surface area contributed by atoms with E-state index in [2.05, 4.69) is 4.99 Å². The highest BCUT2D eigenvalue weighted by atomic mass is 32.2. The molecule has 0 aromatic heterocycles. The first kappa shape index (κ1) is 17.5. The second kappa shape index (κ2) is 6.52. The third-order valence-electron chi connectivity index (χ3n) is 4.68. The van der Waals surface area contributed by atoms with Crippen LogP contribution in [-0.2, 0) is 14.6 Å². The van der Waals surface area contributed by atoms with Gasteiger partial charge in [-0.1, -0.05) is 43.8 Å². The maximum atomic E-state index is 12.3. The largest absolute Gasteiger partial charge is 0.315 e. The van der Waals surface area contributed by atoms with Gasteiger partial charge in [0.25, 0.3) is 5.91 Å². The molecule has 2 saturated heterocycles. The summed E-state index contributed by atoms with van der Waals surface area (Å²) in [5.41, 5.74) is 1.98. The number of fused-ring (bicyclic) bond motifs is 1. The van der Waals surface area contributed by atoms with E-state index in [1.54, 1.807) is 0 Å². The quantitative estimate of drug-likeness (QED) is 0.823. The van der Waals surface area contributed by atoms with Crippen LogP contribution in [0.1, 0.15) is 25.8 Å². The maximum absolute atomic E-state index is 12.3. The predicted octanol–water partition coefficient (Wildman–Crippen LogP) is 2.64. The van der Waals surface area contributed by atoms with E-state index >= 15 is 0 Å². The van der Waals surface area contributed by atoms with Crippen molar-refractivity contribution in [2.24, 2.45) is 10.9 Å². The first-order valence-electron chi connectivity index (χ1n) is 8.17. The summed E-state index contributed by atoms with van der Waals surface area (Å²) in [5, 5.41) is 0.581. The summed E-state index contributed by atoms with van der Waals surface area (Å²) in [4.78, 5) is 18.6. The Balaban J connectivity index is 2.02. The third-order valence-corrected chi connectivity index (χ3v) is 7.89. The van der Waals surface area contributed by atoms with Gasteiger partial charge in [0, 0.05) is 16.9 Å². The van der Waals surface area contributed by atoms with Crippen LogP contribution in [0.3, 0.4) is 0 Å². The molecule has 24 heavy (non-hydrogen) atoms. The monoisotopic (exact) mass is 366 g/mol. The van der Waals surface area contributed by atoms with Crippen molar-refractivity contribution in [3.63, 3.8) is 0 Å². The van der Waals surface area contributed by atoms with Crippen LogP contribution >= 0.6 is 11.8 Å². The van der Waals surface area contributed by atoms with Crippen molar-refractivity contribution in [1.29, 1.82) is 0 Å². The minimum Gasteiger partial charge on any atom is -0.315 e. The van der Waals surface area contributed by atoms with Crippen molar-refractivity contribution in [3.8, 4) is 0 Å². The normalized spacial score (nSPS) is 28.1. The Labute approximate surface area is 147 Å². The summed E-state index contributed by atoms with van der Waals surface area (Å²) in [6.07, 6.45) is 0.742. The second-order valence-corrected chi connectivity index (χ2v) is 9.86. The Morgan fingerprint density at radius 3 is 2.75 bits per heavy atom. The number of thioether (sulfide) groups is 1. The molecule has 0 radical (unpaired) electrons. The van der Waals surface area contributed by atoms with E-state index in [9.17, 15) is 13.2 Å². The van der Waals surface area contributed by atoms with Crippen molar-refractivity contribution < 1.29 is 13.2 Å². The van der Waals surface area contributed by atoms with Crippen molar-refractivity contribution in [2.75, 3.05) is 16.4 Å². The number of nitrogens with zero attached hydrogens (tertiary/aromatic N) is 2. The molecule has 3 rings (SSSR count). The van der Waals surface area contributed by atoms with E-state index in [0.29, 0.717) is 5.17 Å². The molecule has 0 spiro atoms. The number of hydrogen-bond donors (Lipinski definition) is 0. The number of carbonyl (C=O) groups excluding carboxylic acids is 1. The molecule has 130 valence electrons. The standard InChI is InChI=1S/C17H22N2O3S2/c1-4-11(2)16(20)18-17-19(13-8-6-5-7-12(13)3)14-9-24(21,22)10-15(14)23-17/h5-8,11,14-15H,4,9-10H2,1-3H3. The average molecular weight is 367 g/mol. The minimum atomic E-state index is -3.03. The summed E-state index contributed by atoms with van der Waals surface area (Å²) < 4.78 is 24.1. The van der Waals surface area contributed by atoms with Gasteiger partial charge in [-0.15, -0.1) is 0 Å². The first-order chi connectivity index (χ1) is 11.3. The first-order valence-corrected chi connectivity index (χ1v) is 10.9. The fourth-order valence-electron chi connectivity index (χ4n) is 3.06. The van der Waals surface area contributed by atoms with Gasteiger partial charge in [-0.2, -0.15) is 4.99 Å². The lowest BCUT2D eigenvalue weighted by molar-refractivity contribution is -0.121. The molecule has 0 saturated carbocycles. The Morgan fingerprint density at radius 2 is 2.08 bits per heavy atom. The Kier molecular flexibility index (Phi) is 4.75. The van der Waals surface area contributed by atoms with E-state index in [0.717, 1.165) is 17.7 Å². The van der Waals surface area contributed by atoms with Gasteiger partial charge in [0.05, 0.1) is 17.5 Å². The zero-order valence-corrected chi connectivity index (χ0v) is 15.7. The van der Waals surface area contributed by atoms with Crippen LogP contribution in [0.2, 0.25) is 0 Å². The topological polar surface area (TPSA) is 66.8 Å². The van der Waals surface area contributed by atoms with E-state index in [4.69, 9.17) is 0 Å². The SMILES string of the molecule is CCC(C)C(=O)N=C1SC2CS(=O)(=O)CC2N1c1ccccc1C. The molecule has 1 aromatic carbocycles. The molecule has 3 unspecified atom stereocenters. The van der Waals surface area contributed by atoms with Gasteiger partial charge in [-0.25, -0.2) is 8.42 Å². The summed E-state index contributed by atoms with van der Waals surface area (Å²) >= 11 is 1.43. The van der Waals surface area contributed by atoms with Crippen LogP contribution in [-0.4, -0.2) is 42.3 Å². The van der Waals surface area contributed by atoms with Crippen molar-refractivity contribution >= 4 is 38.4 Å². The van der Waals surface area contributed by atoms with Crippen LogP contribution in [0, 0.1) is 12.8 Å². The van der Waals surface area contributed by atoms with Gasteiger partial charge < -0.3 is 4.90 Å². The van der Waals surface area contributed by atoms with Crippen molar-refractivity contribution in [2.45, 2.75) is 38.5 Å². The fourth-order valence-corrected chi connectivity index (χ4v) is 6.97. The number of anilines is 1. The van der Waals surface area contributed by atoms with Gasteiger partial charge in [-0.05, 0) is 25.0 Å². The summed E-state index contributed by atoms with van der Waals surface area (Å²) in [6.45, 7) is 5.82. The molecule has 2 heterocycles. The molecule has 1 amide bonds. The molecule has 2 aliphatic rings. The lowest BCUT2D eigenvalue weighted by atomic mass is 10.1. The molecule has 5 nitrogen and oxygen atoms in total. The highest BCUT2D eigenvalue weighted by Gasteiger charge is 2.49. The Morgan fingerprint density at radius 1 is 1.38 bits per heavy atom. The van der Waals surface area contributed by atoms with E-state index in [1.165, 1.54) is 11.8 Å². The number of benzene rings is 1. The minimum absolute atomic E-state index is 0.0573. The van der Waals surface area contributed by atoms with Gasteiger partial charge >= 0.3 is 0 Å². The highest BCUT2D eigenvalue weighted by Crippen LogP contribution is 2.41. The highest BCUT2D eigenvalue weighted by molar-refractivity contribution is 8.16. The zero-order chi connectivity index (χ0) is 17.5. The molecule has 0 bridgehead atoms. The number of carbonyl (C=O) groups is 1. The smallest absolute Gasteiger partial charge is 0.250 e. The summed E-state index contributed by atoms with van der Waals surface area (Å²) in [6, 6.07) is 7.69. The average Bonchev–Trinajstić information content (AvgIpc) is 2.98. The number of amidine groups is 1. The van der Waals surface area contributed by atoms with Crippen LogP contribution in [0.4, 0.5) is 5.69 Å². The lowest BCUT2D eigenvalue weighted by Crippen LogP contribution is -2.38. The molecule has 0 N–H and O–H groups in total. The van der Waals surface area contributed by atoms with Gasteiger partial charge in [0.15, 0.2) is 15.0 Å². The Bertz CT molecular complexity index is 789. The molecular formula is C17H22N2O3S2. The molecule has 0 aliphatic carbocycles. The van der Waals surface area contributed by atoms with Crippen LogP contribution in [0.25, 0.3) is 0 Å². The zero-order valence-electron chi connectivity index (χ0n) is 14.1. The summed E-state index contributed by atoms with van der Waals surface area (Å²) in [5.74, 6) is 0.0129. The number of amides is 1. The molecule has 2 aliphatic heterocycles. The number of para-hydroxylation sites is 1. The number of hydrogen-bond acceptors (Lipinski definition) is 4. The van der Waals surface area contributed by atoms with Gasteiger partial charge in [-0.3, -0.25) is 4.79 Å². The number of rotatable bonds is 3. The molecule has 2 fully saturated rings. The lowest BCUT2D eigenvalue weighted by Gasteiger charge is -2.26. The van der Waals surface area contributed by atoms with Crippen molar-refractivity contribution in [3.05, 3.63) is 29.8 Å². The number of sulfone groups is 1. The Hall–Kier alpha value is -1.34. The molecule has 3 atom stereocenters. The van der Waals surface area contributed by atoms with Gasteiger partial charge in [0.1, 0.15) is 0 Å². The molecule has 7 heteroatoms. The fraction of sp³-hybridized carbons (Fsp3) is 0.529. The van der Waals surface area contributed by atoms with E-state index in [-0.39, 0.29) is 34.6 Å². The number of aliphatic imine (C=N–C) groups is 1. The summed E-state index contributed by atoms with van der Waals surface area (Å²) in [7, 11) is -3.03. The van der Waals surface area contributed by atoms with Crippen LogP contribution in [0.15, 0.2) is 29.3 Å². The predicted molar refractivity (Wildman–Crippen MR) is 99.4 cm³/mol. The number of aryl methyl sites for hydroxylation is 1. The van der Waals surface area contributed by atoms with E-state index < -0.39 is 9.84 Å². The van der Waals surface area contributed by atoms with Crippen molar-refractivity contribution in [1.82, 2.24) is 0 Å². The molecule has 1 aromatic rings. The van der Waals surface area contributed by atoms with Crippen LogP contribution < -0.4 is 4.90 Å². The third kappa shape index (κ3) is 3.24. The molecular weight excluding hydrogens is 344 g/mol. The second-order valence-electron chi connectivity index (χ2n) is 6.50. The van der Waals surface area contributed by atoms with Crippen LogP contribution in [0.5, 0.6) is 0 Å². The van der Waals surface area contributed by atoms with E-state index in [1.807, 2.05) is 49.9 Å².